The van der Waals surface area contributed by atoms with Crippen molar-refractivity contribution in [1.29, 1.82) is 0 Å². The Bertz CT molecular complexity index is 4290. The molecule has 0 atom stereocenters. The lowest BCUT2D eigenvalue weighted by Gasteiger charge is -2.10. The summed E-state index contributed by atoms with van der Waals surface area (Å²) in [5.41, 5.74) is -7.44. The fraction of sp³-hybridized carbons (Fsp3) is 0. The normalized spacial score (nSPS) is 19.2. The minimum Gasteiger partial charge on any atom is -0.456 e. The van der Waals surface area contributed by atoms with E-state index >= 15 is 0 Å². The fourth-order valence-electron chi connectivity index (χ4n) is 5.32. The number of benzene rings is 7. The molecule has 0 saturated heterocycles. The molecule has 50 heavy (non-hydrogen) atoms. The molecule has 5 nitrogen and oxygen atoms in total. The van der Waals surface area contributed by atoms with Gasteiger partial charge in [0.05, 0.1) is 37.0 Å². The van der Waals surface area contributed by atoms with Crippen LogP contribution in [-0.4, -0.2) is 15.0 Å². The Morgan fingerprint density at radius 1 is 0.340 bits per heavy atom. The third kappa shape index (κ3) is 4.67. The number of fused-ring (bicyclic) bond motifs is 6. The first-order valence-corrected chi connectivity index (χ1v) is 14.4. The van der Waals surface area contributed by atoms with Crippen molar-refractivity contribution in [3.8, 4) is 56.4 Å². The minimum atomic E-state index is -1.04. The van der Waals surface area contributed by atoms with Gasteiger partial charge in [0.15, 0.2) is 17.5 Å². The summed E-state index contributed by atoms with van der Waals surface area (Å²) >= 11 is 0. The molecule has 0 N–H and O–H groups in total. The summed E-state index contributed by atoms with van der Waals surface area (Å²) in [6, 6.07) is -23.6. The van der Waals surface area contributed by atoms with E-state index in [4.69, 9.17) is 39.0 Å². The minimum absolute atomic E-state index is 0.397. The van der Waals surface area contributed by atoms with Crippen molar-refractivity contribution in [2.24, 2.45) is 0 Å². The average Bonchev–Trinajstić information content (AvgIpc) is 4.16. The van der Waals surface area contributed by atoms with Crippen molar-refractivity contribution >= 4 is 43.9 Å². The van der Waals surface area contributed by atoms with Crippen LogP contribution in [0.4, 0.5) is 0 Å². The Labute approximate surface area is 325 Å². The summed E-state index contributed by atoms with van der Waals surface area (Å²) in [4.78, 5) is 12.7. The number of rotatable bonds is 5. The van der Waals surface area contributed by atoms with Crippen LogP contribution in [0.3, 0.4) is 0 Å². The van der Waals surface area contributed by atoms with Crippen molar-refractivity contribution in [2.45, 2.75) is 0 Å². The summed E-state index contributed by atoms with van der Waals surface area (Å²) in [6.45, 7) is 0. The maximum Gasteiger partial charge on any atom is 0.164 e. The predicted molar refractivity (Wildman–Crippen MR) is 202 cm³/mol. The second-order valence-corrected chi connectivity index (χ2v) is 10.3. The first-order chi connectivity index (χ1) is 36.0. The molecule has 0 aliphatic heterocycles. The van der Waals surface area contributed by atoms with E-state index < -0.39 is 263 Å². The summed E-state index contributed by atoms with van der Waals surface area (Å²) in [5, 5.41) is -1.83. The molecule has 0 saturated carbocycles. The van der Waals surface area contributed by atoms with Gasteiger partial charge in [-0.05, 0) is 58.5 Å². The van der Waals surface area contributed by atoms with Crippen molar-refractivity contribution in [3.05, 3.63) is 163 Å². The van der Waals surface area contributed by atoms with Crippen molar-refractivity contribution in [3.63, 3.8) is 0 Å². The van der Waals surface area contributed by atoms with Gasteiger partial charge >= 0.3 is 0 Å². The molecular weight excluding hydrogens is 615 g/mol. The number of hydrogen-bond acceptors (Lipinski definition) is 5. The molecule has 0 bridgehead atoms. The van der Waals surface area contributed by atoms with Crippen LogP contribution < -0.4 is 0 Å². The molecule has 5 heteroatoms. The summed E-state index contributed by atoms with van der Waals surface area (Å²) in [5.74, 6) is -2.50. The highest BCUT2D eigenvalue weighted by atomic mass is 16.3. The molecule has 10 aromatic rings. The van der Waals surface area contributed by atoms with Gasteiger partial charge in [0.25, 0.3) is 0 Å². The first-order valence-electron chi connectivity index (χ1n) is 27.9. The molecule has 0 radical (unpaired) electrons. The zero-order chi connectivity index (χ0) is 56.5. The van der Waals surface area contributed by atoms with E-state index in [-0.39, 0.29) is 0 Å². The number of para-hydroxylation sites is 1. The predicted octanol–water partition coefficient (Wildman–Crippen LogP) is 12.0. The van der Waals surface area contributed by atoms with Gasteiger partial charge in [0.1, 0.15) is 22.3 Å². The van der Waals surface area contributed by atoms with Crippen LogP contribution in [-0.2, 0) is 0 Å². The van der Waals surface area contributed by atoms with Crippen LogP contribution >= 0.6 is 0 Å². The van der Waals surface area contributed by atoms with Crippen LogP contribution in [0.25, 0.3) is 100 Å². The Hall–Kier alpha value is -6.85. The number of aromatic nitrogens is 3. The van der Waals surface area contributed by atoms with Gasteiger partial charge in [0, 0.05) is 38.2 Å². The lowest BCUT2D eigenvalue weighted by atomic mass is 9.95. The quantitative estimate of drug-likeness (QED) is 0.183. The molecule has 0 unspecified atom stereocenters. The van der Waals surface area contributed by atoms with E-state index in [9.17, 15) is 6.85 Å². The van der Waals surface area contributed by atoms with Gasteiger partial charge in [-0.2, -0.15) is 0 Å². The molecule has 0 aliphatic carbocycles. The summed E-state index contributed by atoms with van der Waals surface area (Å²) < 4.78 is 249. The van der Waals surface area contributed by atoms with Gasteiger partial charge in [0.2, 0.25) is 0 Å². The standard InChI is InChI=1S/C45H27N3O2/c1-3-12-28(13-4-1)43-46-44(29-14-5-2-6-15-29)48-45(47-43)32-17-9-16-30(26-32)31-24-25-36-40(27-31)50-39-23-11-20-34(42(36)39)33-19-10-22-38-41(33)35-18-7-8-21-37(35)49-38/h1-27H/i1D,2D,3D,4D,5D,6D,7D,8D,9D,10D,11D,12D,13D,14D,15D,16D,17D,18D,19D,20D,21D,22D,23D,24D,25D,26D,27D. The molecule has 7 aromatic carbocycles. The fourth-order valence-corrected chi connectivity index (χ4v) is 5.32. The Morgan fingerprint density at radius 2 is 0.800 bits per heavy atom. The molecule has 0 amide bonds. The smallest absolute Gasteiger partial charge is 0.164 e. The average molecular weight is 669 g/mol. The maximum absolute atomic E-state index is 9.58. The second kappa shape index (κ2) is 11.4. The third-order valence-corrected chi connectivity index (χ3v) is 7.45. The highest BCUT2D eigenvalue weighted by Crippen LogP contribution is 2.43. The topological polar surface area (TPSA) is 65.0 Å². The third-order valence-electron chi connectivity index (χ3n) is 7.45. The summed E-state index contributed by atoms with van der Waals surface area (Å²) in [6.07, 6.45) is 0. The highest BCUT2D eigenvalue weighted by Gasteiger charge is 2.18. The van der Waals surface area contributed by atoms with Crippen LogP contribution in [0.15, 0.2) is 172 Å². The number of furan rings is 2. The van der Waals surface area contributed by atoms with Crippen molar-refractivity contribution in [2.75, 3.05) is 0 Å². The SMILES string of the molecule is [2H]c1c([2H])c([2H])c(-c2nc(-c3c([2H])c([2H])c([2H])c([2H])c3[2H])nc(-c3c([2H])c([2H])c([2H])c(-c4c([2H])c([2H])c5c(oc6c([2H])c([2H])c([2H])c(-c7c([2H])c([2H])c([2H])c8oc9c([2H])c([2H])c([2H])c([2H])c9c78)c65)c4[2H])c3[2H])n2)c([2H])c1[2H]. The van der Waals surface area contributed by atoms with Gasteiger partial charge < -0.3 is 8.83 Å². The lowest BCUT2D eigenvalue weighted by molar-refractivity contribution is 0.668. The molecule has 0 spiro atoms. The largest absolute Gasteiger partial charge is 0.456 e. The lowest BCUT2D eigenvalue weighted by Crippen LogP contribution is -2.00. The highest BCUT2D eigenvalue weighted by molar-refractivity contribution is 6.19. The van der Waals surface area contributed by atoms with E-state index in [0.717, 1.165) is 0 Å². The Kier molecular flexibility index (Phi) is 2.79. The van der Waals surface area contributed by atoms with Crippen LogP contribution in [0, 0.1) is 0 Å². The van der Waals surface area contributed by atoms with Crippen molar-refractivity contribution in [1.82, 2.24) is 15.0 Å². The molecule has 3 heterocycles. The Morgan fingerprint density at radius 3 is 1.46 bits per heavy atom. The van der Waals surface area contributed by atoms with E-state index in [1.54, 1.807) is 0 Å². The summed E-state index contributed by atoms with van der Waals surface area (Å²) in [7, 11) is 0. The Balaban J connectivity index is 1.32. The second-order valence-electron chi connectivity index (χ2n) is 10.3. The zero-order valence-corrected chi connectivity index (χ0v) is 24.7. The zero-order valence-electron chi connectivity index (χ0n) is 51.7. The van der Waals surface area contributed by atoms with E-state index in [1.165, 1.54) is 0 Å². The van der Waals surface area contributed by atoms with Gasteiger partial charge in [-0.1, -0.05) is 127 Å². The molecule has 3 aromatic heterocycles. The molecule has 10 rings (SSSR count). The molecule has 234 valence electrons. The number of hydrogen-bond donors (Lipinski definition) is 0. The van der Waals surface area contributed by atoms with E-state index in [2.05, 4.69) is 15.0 Å². The van der Waals surface area contributed by atoms with Crippen molar-refractivity contribution < 1.29 is 45.8 Å². The monoisotopic (exact) mass is 668 g/mol. The van der Waals surface area contributed by atoms with Gasteiger partial charge in [-0.3, -0.25) is 0 Å². The maximum atomic E-state index is 9.58. The van der Waals surface area contributed by atoms with Gasteiger partial charge in [-0.25, -0.2) is 15.0 Å². The molecule has 0 aliphatic rings. The molecule has 0 fully saturated rings. The molecular formula is C45H27N3O2. The van der Waals surface area contributed by atoms with Crippen LogP contribution in [0.1, 0.15) is 37.0 Å². The number of nitrogens with zero attached hydrogens (tertiary/aromatic N) is 3. The van der Waals surface area contributed by atoms with Crippen LogP contribution in [0.5, 0.6) is 0 Å². The van der Waals surface area contributed by atoms with E-state index in [0.29, 0.717) is 0 Å². The first kappa shape index (κ1) is 12.2. The van der Waals surface area contributed by atoms with Crippen LogP contribution in [0.2, 0.25) is 0 Å². The van der Waals surface area contributed by atoms with E-state index in [1.807, 2.05) is 0 Å². The van der Waals surface area contributed by atoms with Gasteiger partial charge in [-0.15, -0.1) is 0 Å².